The van der Waals surface area contributed by atoms with Crippen LogP contribution in [0.5, 0.6) is 0 Å². The summed E-state index contributed by atoms with van der Waals surface area (Å²) >= 11 is 6.32. The fourth-order valence-electron chi connectivity index (χ4n) is 3.37. The van der Waals surface area contributed by atoms with Crippen molar-refractivity contribution in [2.24, 2.45) is 0 Å². The average Bonchev–Trinajstić information content (AvgIpc) is 3.30. The van der Waals surface area contributed by atoms with Gasteiger partial charge in [0.15, 0.2) is 5.82 Å². The van der Waals surface area contributed by atoms with Gasteiger partial charge >= 0.3 is 0 Å². The van der Waals surface area contributed by atoms with Gasteiger partial charge in [0.25, 0.3) is 5.91 Å². The van der Waals surface area contributed by atoms with E-state index in [9.17, 15) is 9.18 Å². The van der Waals surface area contributed by atoms with Crippen LogP contribution >= 0.6 is 11.6 Å². The molecule has 0 saturated carbocycles. The smallest absolute Gasteiger partial charge is 0.251 e. The van der Waals surface area contributed by atoms with Crippen molar-refractivity contribution in [2.75, 3.05) is 0 Å². The van der Waals surface area contributed by atoms with Crippen LogP contribution in [0.4, 0.5) is 4.39 Å². The maximum Gasteiger partial charge on any atom is 0.251 e. The Hall–Kier alpha value is -3.72. The van der Waals surface area contributed by atoms with Gasteiger partial charge in [-0.2, -0.15) is 4.68 Å². The molecule has 1 atom stereocenters. The standard InChI is InChI=1S/C23H21ClFN7O/c1-13(2)22-29-30-31-32(22)18-9-15(19-5-4-17(25)11-20(19)24)8-16(10-18)23(33)28-14(3)21-12-26-6-7-27-21/h4-14H,1-3H3,(H,28,33). The molecule has 4 rings (SSSR count). The molecule has 4 aromatic rings. The van der Waals surface area contributed by atoms with E-state index in [1.807, 2.05) is 26.8 Å². The Kier molecular flexibility index (Phi) is 6.41. The van der Waals surface area contributed by atoms with Crippen LogP contribution in [0, 0.1) is 5.82 Å². The number of tetrazole rings is 1. The summed E-state index contributed by atoms with van der Waals surface area (Å²) in [6.45, 7) is 5.76. The maximum atomic E-state index is 13.6. The molecule has 0 fully saturated rings. The number of carbonyl (C=O) groups excluding carboxylic acids is 1. The van der Waals surface area contributed by atoms with Crippen LogP contribution in [0.3, 0.4) is 0 Å². The number of nitrogens with one attached hydrogen (secondary N) is 1. The van der Waals surface area contributed by atoms with Crippen molar-refractivity contribution in [3.8, 4) is 16.8 Å². The zero-order chi connectivity index (χ0) is 23.5. The lowest BCUT2D eigenvalue weighted by Crippen LogP contribution is -2.27. The molecule has 10 heteroatoms. The van der Waals surface area contributed by atoms with E-state index < -0.39 is 5.82 Å². The maximum absolute atomic E-state index is 13.6. The van der Waals surface area contributed by atoms with Gasteiger partial charge in [0.2, 0.25) is 0 Å². The number of nitrogens with zero attached hydrogens (tertiary/aromatic N) is 6. The minimum Gasteiger partial charge on any atom is -0.344 e. The number of amides is 1. The molecule has 2 aromatic carbocycles. The van der Waals surface area contributed by atoms with Gasteiger partial charge in [0.1, 0.15) is 5.82 Å². The van der Waals surface area contributed by atoms with Crippen molar-refractivity contribution >= 4 is 17.5 Å². The molecule has 0 radical (unpaired) electrons. The predicted molar refractivity (Wildman–Crippen MR) is 122 cm³/mol. The van der Waals surface area contributed by atoms with Crippen LogP contribution in [0.15, 0.2) is 55.0 Å². The zero-order valence-corrected chi connectivity index (χ0v) is 19.0. The quantitative estimate of drug-likeness (QED) is 0.449. The Labute approximate surface area is 194 Å². The first-order chi connectivity index (χ1) is 15.8. The molecule has 0 aliphatic heterocycles. The summed E-state index contributed by atoms with van der Waals surface area (Å²) in [5.41, 5.74) is 2.78. The van der Waals surface area contributed by atoms with Crippen LogP contribution < -0.4 is 5.32 Å². The summed E-state index contributed by atoms with van der Waals surface area (Å²) in [7, 11) is 0. The first-order valence-electron chi connectivity index (χ1n) is 10.3. The summed E-state index contributed by atoms with van der Waals surface area (Å²) in [5.74, 6) is -0.0875. The number of hydrogen-bond donors (Lipinski definition) is 1. The number of hydrogen-bond acceptors (Lipinski definition) is 6. The van der Waals surface area contributed by atoms with E-state index in [1.54, 1.807) is 41.5 Å². The van der Waals surface area contributed by atoms with E-state index in [0.29, 0.717) is 33.9 Å². The number of carbonyl (C=O) groups is 1. The minimum absolute atomic E-state index is 0.0482. The van der Waals surface area contributed by atoms with Crippen molar-refractivity contribution in [1.29, 1.82) is 0 Å². The third-order valence-electron chi connectivity index (χ3n) is 5.05. The monoisotopic (exact) mass is 465 g/mol. The lowest BCUT2D eigenvalue weighted by atomic mass is 10.0. The van der Waals surface area contributed by atoms with Crippen LogP contribution in [0.1, 0.15) is 54.6 Å². The third kappa shape index (κ3) is 4.88. The molecular weight excluding hydrogens is 445 g/mol. The van der Waals surface area contributed by atoms with Crippen LogP contribution in [-0.2, 0) is 0 Å². The van der Waals surface area contributed by atoms with Gasteiger partial charge in [-0.1, -0.05) is 25.4 Å². The first-order valence-corrected chi connectivity index (χ1v) is 10.7. The van der Waals surface area contributed by atoms with Crippen molar-refractivity contribution in [3.05, 3.63) is 82.9 Å². The van der Waals surface area contributed by atoms with Crippen molar-refractivity contribution < 1.29 is 9.18 Å². The van der Waals surface area contributed by atoms with Gasteiger partial charge in [0, 0.05) is 29.4 Å². The molecule has 0 aliphatic carbocycles. The molecule has 2 aromatic heterocycles. The van der Waals surface area contributed by atoms with Gasteiger partial charge in [-0.05, 0) is 59.3 Å². The van der Waals surface area contributed by atoms with Crippen LogP contribution in [0.25, 0.3) is 16.8 Å². The van der Waals surface area contributed by atoms with E-state index in [1.165, 1.54) is 12.1 Å². The molecular formula is C23H21ClFN7O. The van der Waals surface area contributed by atoms with E-state index in [0.717, 1.165) is 0 Å². The molecule has 0 aliphatic rings. The molecule has 1 N–H and O–H groups in total. The van der Waals surface area contributed by atoms with E-state index in [-0.39, 0.29) is 22.9 Å². The van der Waals surface area contributed by atoms with E-state index in [2.05, 4.69) is 30.8 Å². The fourth-order valence-corrected chi connectivity index (χ4v) is 3.65. The molecule has 0 saturated heterocycles. The molecule has 0 bridgehead atoms. The SMILES string of the molecule is CC(C)c1nnnn1-c1cc(C(=O)NC(C)c2cnccn2)cc(-c2ccc(F)cc2Cl)c1. The fraction of sp³-hybridized carbons (Fsp3) is 0.217. The number of benzene rings is 2. The second-order valence-corrected chi connectivity index (χ2v) is 8.23. The molecule has 8 nitrogen and oxygen atoms in total. The Morgan fingerprint density at radius 3 is 2.64 bits per heavy atom. The second-order valence-electron chi connectivity index (χ2n) is 7.82. The van der Waals surface area contributed by atoms with Crippen molar-refractivity contribution in [1.82, 2.24) is 35.5 Å². The Balaban J connectivity index is 1.79. The average molecular weight is 466 g/mol. The highest BCUT2D eigenvalue weighted by Gasteiger charge is 2.19. The summed E-state index contributed by atoms with van der Waals surface area (Å²) in [5, 5.41) is 15.1. The highest BCUT2D eigenvalue weighted by atomic mass is 35.5. The van der Waals surface area contributed by atoms with Crippen molar-refractivity contribution in [3.63, 3.8) is 0 Å². The molecule has 168 valence electrons. The molecule has 1 unspecified atom stereocenters. The van der Waals surface area contributed by atoms with Gasteiger partial charge < -0.3 is 5.32 Å². The van der Waals surface area contributed by atoms with Gasteiger partial charge in [-0.25, -0.2) is 4.39 Å². The van der Waals surface area contributed by atoms with Gasteiger partial charge in [-0.3, -0.25) is 14.8 Å². The van der Waals surface area contributed by atoms with E-state index in [4.69, 9.17) is 11.6 Å². The van der Waals surface area contributed by atoms with Gasteiger partial charge in [-0.15, -0.1) is 5.10 Å². The molecule has 2 heterocycles. The minimum atomic E-state index is -0.446. The van der Waals surface area contributed by atoms with Crippen LogP contribution in [0.2, 0.25) is 5.02 Å². The lowest BCUT2D eigenvalue weighted by Gasteiger charge is -2.16. The lowest BCUT2D eigenvalue weighted by molar-refractivity contribution is 0.0939. The Morgan fingerprint density at radius 1 is 1.12 bits per heavy atom. The summed E-state index contributed by atoms with van der Waals surface area (Å²) in [4.78, 5) is 21.5. The Bertz CT molecular complexity index is 1290. The summed E-state index contributed by atoms with van der Waals surface area (Å²) in [6, 6.07) is 8.96. The highest BCUT2D eigenvalue weighted by molar-refractivity contribution is 6.33. The second kappa shape index (κ2) is 9.41. The molecule has 33 heavy (non-hydrogen) atoms. The first kappa shape index (κ1) is 22.5. The van der Waals surface area contributed by atoms with Crippen molar-refractivity contribution in [2.45, 2.75) is 32.7 Å². The van der Waals surface area contributed by atoms with Crippen LogP contribution in [-0.4, -0.2) is 36.1 Å². The predicted octanol–water partition coefficient (Wildman–Crippen LogP) is 4.53. The summed E-state index contributed by atoms with van der Waals surface area (Å²) in [6.07, 6.45) is 4.73. The zero-order valence-electron chi connectivity index (χ0n) is 18.2. The third-order valence-corrected chi connectivity index (χ3v) is 5.36. The number of rotatable bonds is 6. The largest absolute Gasteiger partial charge is 0.344 e. The highest BCUT2D eigenvalue weighted by Crippen LogP contribution is 2.31. The Morgan fingerprint density at radius 2 is 1.94 bits per heavy atom. The molecule has 0 spiro atoms. The van der Waals surface area contributed by atoms with E-state index >= 15 is 0 Å². The number of aromatic nitrogens is 6. The summed E-state index contributed by atoms with van der Waals surface area (Å²) < 4.78 is 15.2. The molecule has 1 amide bonds. The number of halogens is 2. The normalized spacial score (nSPS) is 12.1. The topological polar surface area (TPSA) is 98.5 Å². The van der Waals surface area contributed by atoms with Gasteiger partial charge in [0.05, 0.1) is 28.6 Å².